The van der Waals surface area contributed by atoms with Gasteiger partial charge in [0.2, 0.25) is 0 Å². The van der Waals surface area contributed by atoms with Gasteiger partial charge in [-0.2, -0.15) is 5.26 Å². The Kier molecular flexibility index (Phi) is 6.60. The van der Waals surface area contributed by atoms with Gasteiger partial charge < -0.3 is 14.8 Å². The number of hydrogen-bond donors (Lipinski definition) is 1. The highest BCUT2D eigenvalue weighted by Crippen LogP contribution is 2.45. The lowest BCUT2D eigenvalue weighted by Crippen LogP contribution is -2.33. The van der Waals surface area contributed by atoms with Gasteiger partial charge in [-0.15, -0.1) is 0 Å². The molecule has 0 amide bonds. The van der Waals surface area contributed by atoms with Crippen LogP contribution in [0.4, 0.5) is 0 Å². The number of dihydropyridines is 1. The van der Waals surface area contributed by atoms with Crippen LogP contribution in [0.15, 0.2) is 101 Å². The van der Waals surface area contributed by atoms with Crippen LogP contribution in [-0.2, 0) is 11.4 Å². The summed E-state index contributed by atoms with van der Waals surface area (Å²) >= 11 is 0. The SMILES string of the molecule is COc1ccc([C@@H]2CC(=O)C3=C(C2)NC(C)=C(C#N)[C@@H]3c2ccc(OCc3ccccc3)cc2)cc1. The van der Waals surface area contributed by atoms with Crippen molar-refractivity contribution in [3.63, 3.8) is 0 Å². The Balaban J connectivity index is 1.41. The van der Waals surface area contributed by atoms with Crippen molar-refractivity contribution in [2.24, 2.45) is 0 Å². The molecule has 0 fully saturated rings. The van der Waals surface area contributed by atoms with Crippen molar-refractivity contribution in [1.82, 2.24) is 5.32 Å². The molecule has 1 heterocycles. The number of rotatable bonds is 6. The molecule has 0 radical (unpaired) electrons. The molecule has 180 valence electrons. The molecule has 1 N–H and O–H groups in total. The summed E-state index contributed by atoms with van der Waals surface area (Å²) in [4.78, 5) is 13.5. The van der Waals surface area contributed by atoms with Gasteiger partial charge >= 0.3 is 0 Å². The molecule has 0 aromatic heterocycles. The number of Topliss-reactive ketones (excluding diaryl/α,β-unsaturated/α-hetero) is 1. The van der Waals surface area contributed by atoms with E-state index in [0.29, 0.717) is 24.2 Å². The lowest BCUT2D eigenvalue weighted by Gasteiger charge is -2.35. The molecular weight excluding hydrogens is 448 g/mol. The third-order valence-electron chi connectivity index (χ3n) is 7.00. The lowest BCUT2D eigenvalue weighted by molar-refractivity contribution is -0.116. The molecule has 0 spiro atoms. The summed E-state index contributed by atoms with van der Waals surface area (Å²) in [6, 6.07) is 28.1. The minimum Gasteiger partial charge on any atom is -0.497 e. The smallest absolute Gasteiger partial charge is 0.162 e. The summed E-state index contributed by atoms with van der Waals surface area (Å²) in [6.07, 6.45) is 1.14. The van der Waals surface area contributed by atoms with Crippen molar-refractivity contribution in [3.05, 3.63) is 118 Å². The second kappa shape index (κ2) is 10.1. The minimum atomic E-state index is -0.376. The largest absolute Gasteiger partial charge is 0.497 e. The van der Waals surface area contributed by atoms with E-state index in [-0.39, 0.29) is 17.6 Å². The van der Waals surface area contributed by atoms with Crippen molar-refractivity contribution in [2.75, 3.05) is 7.11 Å². The first-order chi connectivity index (χ1) is 17.6. The van der Waals surface area contributed by atoms with E-state index in [9.17, 15) is 10.1 Å². The van der Waals surface area contributed by atoms with Gasteiger partial charge in [0.15, 0.2) is 5.78 Å². The number of allylic oxidation sites excluding steroid dienone is 4. The first kappa shape index (κ1) is 23.4. The van der Waals surface area contributed by atoms with Crippen molar-refractivity contribution < 1.29 is 14.3 Å². The number of ether oxygens (including phenoxy) is 2. The van der Waals surface area contributed by atoms with Crippen LogP contribution in [-0.4, -0.2) is 12.9 Å². The van der Waals surface area contributed by atoms with Gasteiger partial charge in [0.25, 0.3) is 0 Å². The number of hydrogen-bond acceptors (Lipinski definition) is 5. The average Bonchev–Trinajstić information content (AvgIpc) is 2.92. The van der Waals surface area contributed by atoms with Gasteiger partial charge in [-0.05, 0) is 60.2 Å². The number of nitriles is 1. The Labute approximate surface area is 211 Å². The van der Waals surface area contributed by atoms with Gasteiger partial charge in [-0.1, -0.05) is 54.6 Å². The van der Waals surface area contributed by atoms with E-state index in [0.717, 1.165) is 46.0 Å². The van der Waals surface area contributed by atoms with Crippen LogP contribution in [0.5, 0.6) is 11.5 Å². The topological polar surface area (TPSA) is 71.3 Å². The van der Waals surface area contributed by atoms with Crippen LogP contribution < -0.4 is 14.8 Å². The molecule has 0 saturated carbocycles. The van der Waals surface area contributed by atoms with E-state index in [1.165, 1.54) is 0 Å². The maximum absolute atomic E-state index is 13.5. The highest BCUT2D eigenvalue weighted by Gasteiger charge is 2.38. The van der Waals surface area contributed by atoms with E-state index in [4.69, 9.17) is 9.47 Å². The van der Waals surface area contributed by atoms with Gasteiger partial charge in [0.1, 0.15) is 18.1 Å². The summed E-state index contributed by atoms with van der Waals surface area (Å²) < 4.78 is 11.2. The molecule has 5 nitrogen and oxygen atoms in total. The fourth-order valence-corrected chi connectivity index (χ4v) is 5.13. The van der Waals surface area contributed by atoms with Crippen LogP contribution >= 0.6 is 0 Å². The van der Waals surface area contributed by atoms with Crippen LogP contribution in [0.25, 0.3) is 0 Å². The van der Waals surface area contributed by atoms with Crippen LogP contribution in [0.1, 0.15) is 48.3 Å². The van der Waals surface area contributed by atoms with Gasteiger partial charge in [0.05, 0.1) is 24.7 Å². The monoisotopic (exact) mass is 476 g/mol. The van der Waals surface area contributed by atoms with Gasteiger partial charge in [0, 0.05) is 23.4 Å². The number of methoxy groups -OCH3 is 1. The summed E-state index contributed by atoms with van der Waals surface area (Å²) in [5, 5.41) is 13.4. The molecule has 1 aliphatic carbocycles. The highest BCUT2D eigenvalue weighted by atomic mass is 16.5. The quantitative estimate of drug-likeness (QED) is 0.461. The molecule has 36 heavy (non-hydrogen) atoms. The molecule has 3 aromatic carbocycles. The number of carbonyl (C=O) groups is 1. The van der Waals surface area contributed by atoms with Crippen molar-refractivity contribution >= 4 is 5.78 Å². The third kappa shape index (κ3) is 4.63. The Morgan fingerprint density at radius 3 is 2.25 bits per heavy atom. The molecule has 0 unspecified atom stereocenters. The number of benzene rings is 3. The lowest BCUT2D eigenvalue weighted by atomic mass is 9.72. The average molecular weight is 477 g/mol. The maximum Gasteiger partial charge on any atom is 0.162 e. The Morgan fingerprint density at radius 1 is 0.917 bits per heavy atom. The Hall–Kier alpha value is -4.30. The van der Waals surface area contributed by atoms with Crippen molar-refractivity contribution in [2.45, 2.75) is 38.2 Å². The molecule has 2 atom stereocenters. The zero-order valence-corrected chi connectivity index (χ0v) is 20.5. The van der Waals surface area contributed by atoms with Gasteiger partial charge in [-0.3, -0.25) is 4.79 Å². The first-order valence-electron chi connectivity index (χ1n) is 12.1. The van der Waals surface area contributed by atoms with E-state index < -0.39 is 0 Å². The van der Waals surface area contributed by atoms with Crippen molar-refractivity contribution in [3.8, 4) is 17.6 Å². The molecule has 0 saturated heterocycles. The fraction of sp³-hybridized carbons (Fsp3) is 0.226. The van der Waals surface area contributed by atoms with Crippen LogP contribution in [0.2, 0.25) is 0 Å². The number of nitrogens with one attached hydrogen (secondary N) is 1. The highest BCUT2D eigenvalue weighted by molar-refractivity contribution is 6.00. The number of ketones is 1. The molecule has 5 heteroatoms. The van der Waals surface area contributed by atoms with Crippen molar-refractivity contribution in [1.29, 1.82) is 5.26 Å². The molecule has 2 aliphatic rings. The van der Waals surface area contributed by atoms with E-state index >= 15 is 0 Å². The maximum atomic E-state index is 13.5. The Morgan fingerprint density at radius 2 is 1.58 bits per heavy atom. The normalized spacial score (nSPS) is 19.3. The van der Waals surface area contributed by atoms with Crippen LogP contribution in [0, 0.1) is 11.3 Å². The molecule has 1 aliphatic heterocycles. The molecule has 3 aromatic rings. The summed E-state index contributed by atoms with van der Waals surface area (Å²) in [5.74, 6) is 1.34. The standard InChI is InChI=1S/C31H28N2O3/c1-20-27(18-32)30(23-10-14-26(15-11-23)36-19-21-6-4-3-5-7-21)31-28(33-20)16-24(17-29(31)34)22-8-12-25(35-2)13-9-22/h3-15,24,30,33H,16-17,19H2,1-2H3/t24-,30-/m0/s1. The molecule has 0 bridgehead atoms. The third-order valence-corrected chi connectivity index (χ3v) is 7.00. The number of carbonyl (C=O) groups excluding carboxylic acids is 1. The zero-order chi connectivity index (χ0) is 25.1. The number of nitrogens with zero attached hydrogens (tertiary/aromatic N) is 1. The van der Waals surface area contributed by atoms with E-state index in [1.54, 1.807) is 7.11 Å². The zero-order valence-electron chi connectivity index (χ0n) is 20.5. The summed E-state index contributed by atoms with van der Waals surface area (Å²) in [5.41, 5.74) is 6.14. The van der Waals surface area contributed by atoms with E-state index in [2.05, 4.69) is 11.4 Å². The minimum absolute atomic E-state index is 0.0826. The van der Waals surface area contributed by atoms with E-state index in [1.807, 2.05) is 85.8 Å². The first-order valence-corrected chi connectivity index (χ1v) is 12.1. The molecular formula is C31H28N2O3. The van der Waals surface area contributed by atoms with Gasteiger partial charge in [-0.25, -0.2) is 0 Å². The molecule has 5 rings (SSSR count). The van der Waals surface area contributed by atoms with Crippen LogP contribution in [0.3, 0.4) is 0 Å². The second-order valence-corrected chi connectivity index (χ2v) is 9.25. The summed E-state index contributed by atoms with van der Waals surface area (Å²) in [7, 11) is 1.64. The fourth-order valence-electron chi connectivity index (χ4n) is 5.13. The second-order valence-electron chi connectivity index (χ2n) is 9.25. The Bertz CT molecular complexity index is 1360. The predicted molar refractivity (Wildman–Crippen MR) is 138 cm³/mol. The summed E-state index contributed by atoms with van der Waals surface area (Å²) in [6.45, 7) is 2.39. The predicted octanol–water partition coefficient (Wildman–Crippen LogP) is 6.16.